The maximum atomic E-state index is 14.9. The lowest BCUT2D eigenvalue weighted by Gasteiger charge is -2.64. The standard InChI is InChI=1S/C50H80O28/c1-18-11-49-9-5-24-47(2,7-4-8-48(24,3)46(68)77-44-39(34(64)29(59)22(15-54)72-44)75-42-37(67)32(62)27(57)20(13-52)70-42)25(49)6-10-50(18,17-49)78-45-40(35(65)30(60)23(16-55)73-45)76-43-38(33(63)28(58)21(14-53)71-43)74-41-36(66)31(61)26(56)19(12-51)69-41/h19-45,51-67H,1,4-17H2,2-3H3/t19?,20?,21?,22?,23?,24-,25-,26?,27?,28?,29?,30?,31?,32?,33?,34?,35?,36?,37?,38?,39?,40?,41?,42?,43?,44?,45?,47+,48+,49+,50-/m0/s1. The minimum Gasteiger partial charge on any atom is -0.432 e. The molecule has 17 N–H and O–H groups in total. The van der Waals surface area contributed by atoms with Crippen molar-refractivity contribution in [3.8, 4) is 0 Å². The first-order chi connectivity index (χ1) is 36.9. The molecule has 5 heterocycles. The van der Waals surface area contributed by atoms with E-state index in [-0.39, 0.29) is 11.8 Å². The average Bonchev–Trinajstić information content (AvgIpc) is 3.85. The smallest absolute Gasteiger partial charge is 0.314 e. The summed E-state index contributed by atoms with van der Waals surface area (Å²) in [7, 11) is 0. The number of carbonyl (C=O) groups is 1. The number of aliphatic hydroxyl groups is 17. The van der Waals surface area contributed by atoms with Crippen LogP contribution < -0.4 is 0 Å². The molecular formula is C50H80O28. The van der Waals surface area contributed by atoms with E-state index >= 15 is 0 Å². The van der Waals surface area contributed by atoms with Crippen molar-refractivity contribution >= 4 is 5.97 Å². The maximum Gasteiger partial charge on any atom is 0.314 e. The van der Waals surface area contributed by atoms with Crippen LogP contribution in [0.4, 0.5) is 0 Å². The van der Waals surface area contributed by atoms with Crippen LogP contribution in [0.25, 0.3) is 0 Å². The number of ether oxygens (including phenoxy) is 10. The fraction of sp³-hybridized carbons (Fsp3) is 0.940. The number of hydrogen-bond acceptors (Lipinski definition) is 28. The second-order valence-electron chi connectivity index (χ2n) is 23.6. The normalized spacial score (nSPS) is 54.5. The quantitative estimate of drug-likeness (QED) is 0.0411. The highest BCUT2D eigenvalue weighted by molar-refractivity contribution is 5.77. The van der Waals surface area contributed by atoms with Crippen molar-refractivity contribution in [1.29, 1.82) is 0 Å². The summed E-state index contributed by atoms with van der Waals surface area (Å²) in [5.41, 5.74) is -2.69. The Labute approximate surface area is 448 Å². The number of carbonyl (C=O) groups excluding carboxylic acids is 1. The van der Waals surface area contributed by atoms with Gasteiger partial charge in [-0.05, 0) is 86.5 Å². The van der Waals surface area contributed by atoms with Gasteiger partial charge in [-0.3, -0.25) is 4.79 Å². The van der Waals surface area contributed by atoms with Gasteiger partial charge >= 0.3 is 5.97 Å². The van der Waals surface area contributed by atoms with Crippen molar-refractivity contribution in [2.75, 3.05) is 33.0 Å². The van der Waals surface area contributed by atoms with Crippen LogP contribution in [0.5, 0.6) is 0 Å². The van der Waals surface area contributed by atoms with E-state index < -0.39 is 214 Å². The molecule has 28 heteroatoms. The largest absolute Gasteiger partial charge is 0.432 e. The number of fused-ring (bicyclic) bond motifs is 3. The Hall–Kier alpha value is -1.83. The van der Waals surface area contributed by atoms with E-state index in [0.717, 1.165) is 0 Å². The summed E-state index contributed by atoms with van der Waals surface area (Å²) in [6.07, 6.45) is -39.7. The van der Waals surface area contributed by atoms with E-state index in [1.54, 1.807) is 6.92 Å². The molecule has 9 aliphatic rings. The zero-order valence-corrected chi connectivity index (χ0v) is 43.3. The van der Waals surface area contributed by atoms with Crippen LogP contribution in [-0.2, 0) is 52.2 Å². The third kappa shape index (κ3) is 10.3. The Morgan fingerprint density at radius 1 is 0.487 bits per heavy atom. The number of hydrogen-bond donors (Lipinski definition) is 17. The second-order valence-corrected chi connectivity index (χ2v) is 23.6. The van der Waals surface area contributed by atoms with Gasteiger partial charge in [0, 0.05) is 0 Å². The van der Waals surface area contributed by atoms with Crippen molar-refractivity contribution in [2.45, 2.75) is 231 Å². The highest BCUT2D eigenvalue weighted by Crippen LogP contribution is 2.74. The van der Waals surface area contributed by atoms with E-state index in [9.17, 15) is 91.6 Å². The minimum atomic E-state index is -1.98. The van der Waals surface area contributed by atoms with E-state index in [1.165, 1.54) is 0 Å². The molecule has 0 amide bonds. The van der Waals surface area contributed by atoms with Crippen LogP contribution in [-0.4, -0.2) is 285 Å². The van der Waals surface area contributed by atoms with Gasteiger partial charge in [0.1, 0.15) is 116 Å². The van der Waals surface area contributed by atoms with Gasteiger partial charge in [0.15, 0.2) is 31.3 Å². The molecule has 0 radical (unpaired) electrons. The molecule has 4 saturated carbocycles. The van der Waals surface area contributed by atoms with E-state index in [0.29, 0.717) is 63.4 Å². The predicted molar refractivity (Wildman–Crippen MR) is 252 cm³/mol. The van der Waals surface area contributed by atoms with Gasteiger partial charge < -0.3 is 134 Å². The summed E-state index contributed by atoms with van der Waals surface area (Å²) in [6.45, 7) is 4.35. The molecule has 2 bridgehead atoms. The fourth-order valence-electron chi connectivity index (χ4n) is 14.9. The Balaban J connectivity index is 0.938. The second kappa shape index (κ2) is 23.3. The zero-order valence-electron chi connectivity index (χ0n) is 43.3. The Morgan fingerprint density at radius 3 is 1.37 bits per heavy atom. The maximum absolute atomic E-state index is 14.9. The lowest BCUT2D eigenvalue weighted by atomic mass is 9.41. The van der Waals surface area contributed by atoms with Crippen molar-refractivity contribution in [3.05, 3.63) is 12.2 Å². The van der Waals surface area contributed by atoms with Gasteiger partial charge in [-0.1, -0.05) is 19.9 Å². The lowest BCUT2D eigenvalue weighted by Crippen LogP contribution is -2.67. The zero-order chi connectivity index (χ0) is 56.7. The Morgan fingerprint density at radius 2 is 0.885 bits per heavy atom. The van der Waals surface area contributed by atoms with Crippen molar-refractivity contribution in [2.24, 2.45) is 28.1 Å². The van der Waals surface area contributed by atoms with Crippen LogP contribution >= 0.6 is 0 Å². The molecule has 0 aromatic heterocycles. The molecule has 25 unspecified atom stereocenters. The molecule has 5 aliphatic heterocycles. The summed E-state index contributed by atoms with van der Waals surface area (Å²) < 4.78 is 59.8. The van der Waals surface area contributed by atoms with Crippen LogP contribution in [0.15, 0.2) is 12.2 Å². The monoisotopic (exact) mass is 1130 g/mol. The van der Waals surface area contributed by atoms with Crippen LogP contribution in [0.2, 0.25) is 0 Å². The summed E-state index contributed by atoms with van der Waals surface area (Å²) in [5.74, 6) is -1.10. The van der Waals surface area contributed by atoms with E-state index in [4.69, 9.17) is 47.4 Å². The molecule has 5 saturated heterocycles. The highest BCUT2D eigenvalue weighted by atomic mass is 16.8. The molecule has 9 rings (SSSR count). The number of aliphatic hydroxyl groups excluding tert-OH is 17. The number of rotatable bonds is 15. The minimum absolute atomic E-state index is 0.0488. The molecule has 448 valence electrons. The van der Waals surface area contributed by atoms with E-state index in [1.807, 2.05) is 0 Å². The highest BCUT2D eigenvalue weighted by Gasteiger charge is 2.70. The molecule has 31 atom stereocenters. The first-order valence-electron chi connectivity index (χ1n) is 26.9. The summed E-state index contributed by atoms with van der Waals surface area (Å²) in [5, 5.41) is 181. The third-order valence-corrected chi connectivity index (χ3v) is 19.2. The van der Waals surface area contributed by atoms with Gasteiger partial charge in [-0.2, -0.15) is 0 Å². The van der Waals surface area contributed by atoms with Crippen LogP contribution in [0.3, 0.4) is 0 Å². The first kappa shape index (κ1) is 60.8. The summed E-state index contributed by atoms with van der Waals surface area (Å²) in [4.78, 5) is 14.9. The lowest BCUT2D eigenvalue weighted by molar-refractivity contribution is -0.398. The van der Waals surface area contributed by atoms with E-state index in [2.05, 4.69) is 13.5 Å². The molecule has 28 nitrogen and oxygen atoms in total. The summed E-state index contributed by atoms with van der Waals surface area (Å²) >= 11 is 0. The SMILES string of the molecule is C=C1C[C@@]23CC[C@H]4[C@@](C)(CCC[C@@]4(C)C(=O)OC4OC(CO)C(O)C(O)C4OC4OC(CO)C(O)C(O)C4O)[C@@H]2CC[C@]1(OC1OC(CO)C(O)C(O)C1OC1OC(CO)C(O)C(O)C1OC1OC(CO)C(O)C(O)C1O)C3. The molecule has 4 aliphatic carbocycles. The van der Waals surface area contributed by atoms with Crippen molar-refractivity contribution in [1.82, 2.24) is 0 Å². The van der Waals surface area contributed by atoms with Crippen molar-refractivity contribution < 1.29 is 139 Å². The molecular weight excluding hydrogens is 1050 g/mol. The van der Waals surface area contributed by atoms with Gasteiger partial charge in [-0.15, -0.1) is 0 Å². The van der Waals surface area contributed by atoms with Crippen molar-refractivity contribution in [3.63, 3.8) is 0 Å². The van der Waals surface area contributed by atoms with Gasteiger partial charge in [0.2, 0.25) is 6.29 Å². The molecule has 0 aromatic carbocycles. The molecule has 0 aromatic rings. The topological polar surface area (TPSA) is 453 Å². The summed E-state index contributed by atoms with van der Waals surface area (Å²) in [6, 6.07) is 0. The Kier molecular flexibility index (Phi) is 18.2. The average molecular weight is 1130 g/mol. The van der Waals surface area contributed by atoms with Crippen LogP contribution in [0.1, 0.15) is 71.6 Å². The predicted octanol–water partition coefficient (Wildman–Crippen LogP) is -7.29. The molecule has 9 fully saturated rings. The molecule has 78 heavy (non-hydrogen) atoms. The number of esters is 1. The first-order valence-corrected chi connectivity index (χ1v) is 26.9. The van der Waals surface area contributed by atoms with Gasteiger partial charge in [0.05, 0.1) is 44.1 Å². The van der Waals surface area contributed by atoms with Gasteiger partial charge in [-0.25, -0.2) is 0 Å². The third-order valence-electron chi connectivity index (χ3n) is 19.2. The van der Waals surface area contributed by atoms with Gasteiger partial charge in [0.25, 0.3) is 0 Å². The van der Waals surface area contributed by atoms with Crippen LogP contribution in [0, 0.1) is 28.1 Å². The fourth-order valence-corrected chi connectivity index (χ4v) is 14.9. The Bertz CT molecular complexity index is 2070. The molecule has 1 spiro atoms.